The molecular formula is C10H13ClN2. The quantitative estimate of drug-likeness (QED) is 0.748. The summed E-state index contributed by atoms with van der Waals surface area (Å²) in [6.07, 6.45) is 8.51. The fourth-order valence-corrected chi connectivity index (χ4v) is 1.14. The van der Waals surface area contributed by atoms with Gasteiger partial charge in [-0.05, 0) is 31.6 Å². The van der Waals surface area contributed by atoms with Crippen LogP contribution in [-0.4, -0.2) is 18.6 Å². The van der Waals surface area contributed by atoms with E-state index in [9.17, 15) is 0 Å². The van der Waals surface area contributed by atoms with Crippen LogP contribution in [0.3, 0.4) is 0 Å². The molecule has 0 aliphatic carbocycles. The van der Waals surface area contributed by atoms with Crippen LogP contribution in [0.2, 0.25) is 5.02 Å². The van der Waals surface area contributed by atoms with Crippen molar-refractivity contribution in [1.82, 2.24) is 10.3 Å². The molecule has 0 bridgehead atoms. The first-order valence-corrected chi connectivity index (χ1v) is 4.63. The van der Waals surface area contributed by atoms with E-state index in [-0.39, 0.29) is 0 Å². The van der Waals surface area contributed by atoms with Crippen molar-refractivity contribution in [3.8, 4) is 0 Å². The van der Waals surface area contributed by atoms with E-state index in [1.807, 2.05) is 19.2 Å². The smallest absolute Gasteiger partial charge is 0.0661 e. The van der Waals surface area contributed by atoms with Crippen LogP contribution in [0.1, 0.15) is 12.0 Å². The van der Waals surface area contributed by atoms with Gasteiger partial charge in [-0.1, -0.05) is 23.8 Å². The monoisotopic (exact) mass is 196 g/mol. The Kier molecular flexibility index (Phi) is 4.50. The lowest BCUT2D eigenvalue weighted by molar-refractivity contribution is 0.809. The van der Waals surface area contributed by atoms with Gasteiger partial charge in [-0.3, -0.25) is 4.98 Å². The lowest BCUT2D eigenvalue weighted by Gasteiger charge is -1.95. The fourth-order valence-electron chi connectivity index (χ4n) is 0.959. The third kappa shape index (κ3) is 3.57. The van der Waals surface area contributed by atoms with E-state index in [1.54, 1.807) is 12.4 Å². The van der Waals surface area contributed by atoms with Gasteiger partial charge in [-0.2, -0.15) is 0 Å². The first-order valence-electron chi connectivity index (χ1n) is 4.25. The summed E-state index contributed by atoms with van der Waals surface area (Å²) in [7, 11) is 1.94. The van der Waals surface area contributed by atoms with E-state index in [2.05, 4.69) is 16.4 Å². The molecule has 0 unspecified atom stereocenters. The van der Waals surface area contributed by atoms with Crippen molar-refractivity contribution in [2.75, 3.05) is 13.6 Å². The molecule has 0 aliphatic heterocycles. The molecule has 1 N–H and O–H groups in total. The number of nitrogens with zero attached hydrogens (tertiary/aromatic N) is 1. The van der Waals surface area contributed by atoms with Gasteiger partial charge < -0.3 is 5.32 Å². The number of pyridine rings is 1. The molecular weight excluding hydrogens is 184 g/mol. The first-order chi connectivity index (χ1) is 6.34. The van der Waals surface area contributed by atoms with Crippen molar-refractivity contribution >= 4 is 17.7 Å². The van der Waals surface area contributed by atoms with Gasteiger partial charge in [-0.25, -0.2) is 0 Å². The maximum absolute atomic E-state index is 5.91. The predicted molar refractivity (Wildman–Crippen MR) is 56.8 cm³/mol. The molecule has 0 aromatic carbocycles. The maximum Gasteiger partial charge on any atom is 0.0661 e. The number of rotatable bonds is 4. The van der Waals surface area contributed by atoms with Crippen LogP contribution in [0.5, 0.6) is 0 Å². The lowest BCUT2D eigenvalue weighted by Crippen LogP contribution is -2.05. The third-order valence-corrected chi connectivity index (χ3v) is 1.98. The largest absolute Gasteiger partial charge is 0.319 e. The van der Waals surface area contributed by atoms with Gasteiger partial charge in [0.25, 0.3) is 0 Å². The molecule has 0 amide bonds. The second-order valence-electron chi connectivity index (χ2n) is 2.69. The molecule has 1 rings (SSSR count). The average Bonchev–Trinajstić information content (AvgIpc) is 2.15. The highest BCUT2D eigenvalue weighted by Crippen LogP contribution is 2.14. The van der Waals surface area contributed by atoms with E-state index in [0.29, 0.717) is 5.02 Å². The van der Waals surface area contributed by atoms with Crippen LogP contribution in [0.4, 0.5) is 0 Å². The normalized spacial score (nSPS) is 10.9. The van der Waals surface area contributed by atoms with Gasteiger partial charge in [0.1, 0.15) is 0 Å². The standard InChI is InChI=1S/C10H13ClN2/c1-12-6-3-2-4-9-5-7-13-8-10(9)11/h2,4-5,7-8,12H,3,6H2,1H3. The molecule has 0 spiro atoms. The predicted octanol–water partition coefficient (Wildman–Crippen LogP) is 2.36. The summed E-state index contributed by atoms with van der Waals surface area (Å²) >= 11 is 5.91. The van der Waals surface area contributed by atoms with Crippen LogP contribution < -0.4 is 5.32 Å². The zero-order valence-electron chi connectivity index (χ0n) is 7.63. The second-order valence-corrected chi connectivity index (χ2v) is 3.10. The molecule has 1 aromatic rings. The van der Waals surface area contributed by atoms with Crippen LogP contribution in [0.25, 0.3) is 6.08 Å². The summed E-state index contributed by atoms with van der Waals surface area (Å²) in [5.41, 5.74) is 1.02. The zero-order chi connectivity index (χ0) is 9.52. The number of hydrogen-bond donors (Lipinski definition) is 1. The van der Waals surface area contributed by atoms with Crippen molar-refractivity contribution in [2.24, 2.45) is 0 Å². The highest BCUT2D eigenvalue weighted by molar-refractivity contribution is 6.31. The summed E-state index contributed by atoms with van der Waals surface area (Å²) in [6, 6.07) is 1.90. The molecule has 1 heterocycles. The molecule has 0 radical (unpaired) electrons. The number of halogens is 1. The number of hydrogen-bond acceptors (Lipinski definition) is 2. The number of aromatic nitrogens is 1. The molecule has 0 atom stereocenters. The van der Waals surface area contributed by atoms with Crippen molar-refractivity contribution in [3.63, 3.8) is 0 Å². The molecule has 2 nitrogen and oxygen atoms in total. The summed E-state index contributed by atoms with van der Waals surface area (Å²) in [5.74, 6) is 0. The first kappa shape index (κ1) is 10.2. The Morgan fingerprint density at radius 3 is 3.15 bits per heavy atom. The molecule has 13 heavy (non-hydrogen) atoms. The number of nitrogens with one attached hydrogen (secondary N) is 1. The summed E-state index contributed by atoms with van der Waals surface area (Å²) < 4.78 is 0. The maximum atomic E-state index is 5.91. The van der Waals surface area contributed by atoms with E-state index in [4.69, 9.17) is 11.6 Å². The molecule has 0 saturated carbocycles. The van der Waals surface area contributed by atoms with Gasteiger partial charge in [0.2, 0.25) is 0 Å². The van der Waals surface area contributed by atoms with Gasteiger partial charge in [-0.15, -0.1) is 0 Å². The van der Waals surface area contributed by atoms with Gasteiger partial charge in [0.15, 0.2) is 0 Å². The Morgan fingerprint density at radius 1 is 1.62 bits per heavy atom. The molecule has 1 aromatic heterocycles. The van der Waals surface area contributed by atoms with Crippen LogP contribution in [0.15, 0.2) is 24.5 Å². The zero-order valence-corrected chi connectivity index (χ0v) is 8.38. The van der Waals surface area contributed by atoms with Gasteiger partial charge >= 0.3 is 0 Å². The lowest BCUT2D eigenvalue weighted by atomic mass is 10.2. The van der Waals surface area contributed by atoms with Crippen molar-refractivity contribution < 1.29 is 0 Å². The Balaban J connectivity index is 2.53. The summed E-state index contributed by atoms with van der Waals surface area (Å²) in [6.45, 7) is 0.985. The van der Waals surface area contributed by atoms with Gasteiger partial charge in [0.05, 0.1) is 5.02 Å². The molecule has 0 saturated heterocycles. The molecule has 0 fully saturated rings. The summed E-state index contributed by atoms with van der Waals surface area (Å²) in [5, 5.41) is 3.77. The van der Waals surface area contributed by atoms with Crippen LogP contribution >= 0.6 is 11.6 Å². The van der Waals surface area contributed by atoms with Crippen molar-refractivity contribution in [2.45, 2.75) is 6.42 Å². The Bertz CT molecular complexity index is 284. The minimum atomic E-state index is 0.697. The van der Waals surface area contributed by atoms with E-state index in [0.717, 1.165) is 18.5 Å². The summed E-state index contributed by atoms with van der Waals surface area (Å²) in [4.78, 5) is 3.91. The Labute approximate surface area is 83.6 Å². The fraction of sp³-hybridized carbons (Fsp3) is 0.300. The van der Waals surface area contributed by atoms with Crippen molar-refractivity contribution in [1.29, 1.82) is 0 Å². The third-order valence-electron chi connectivity index (χ3n) is 1.66. The molecule has 0 aliphatic rings. The Morgan fingerprint density at radius 2 is 2.46 bits per heavy atom. The second kappa shape index (κ2) is 5.73. The minimum Gasteiger partial charge on any atom is -0.319 e. The van der Waals surface area contributed by atoms with E-state index >= 15 is 0 Å². The highest BCUT2D eigenvalue weighted by atomic mass is 35.5. The highest BCUT2D eigenvalue weighted by Gasteiger charge is 1.92. The molecule has 70 valence electrons. The molecule has 3 heteroatoms. The SMILES string of the molecule is CNCCC=Cc1ccncc1Cl. The minimum absolute atomic E-state index is 0.697. The van der Waals surface area contributed by atoms with Gasteiger partial charge in [0, 0.05) is 12.4 Å². The van der Waals surface area contributed by atoms with E-state index < -0.39 is 0 Å². The van der Waals surface area contributed by atoms with Crippen LogP contribution in [0, 0.1) is 0 Å². The van der Waals surface area contributed by atoms with Crippen LogP contribution in [-0.2, 0) is 0 Å². The van der Waals surface area contributed by atoms with Crippen molar-refractivity contribution in [3.05, 3.63) is 35.1 Å². The Hall–Kier alpha value is -0.860. The topological polar surface area (TPSA) is 24.9 Å². The van der Waals surface area contributed by atoms with E-state index in [1.165, 1.54) is 0 Å². The average molecular weight is 197 g/mol.